The molecule has 0 aliphatic heterocycles. The molecule has 0 N–H and O–H groups in total. The summed E-state index contributed by atoms with van der Waals surface area (Å²) in [5.41, 5.74) is 2.71. The highest BCUT2D eigenvalue weighted by atomic mass is 35.5. The maximum atomic E-state index is 13.1. The van der Waals surface area contributed by atoms with E-state index in [9.17, 15) is 23.2 Å². The van der Waals surface area contributed by atoms with Crippen molar-refractivity contribution in [2.24, 2.45) is 0 Å². The Morgan fingerprint density at radius 2 is 1.56 bits per heavy atom. The Bertz CT molecular complexity index is 1660. The summed E-state index contributed by atoms with van der Waals surface area (Å²) in [5.74, 6) is 0. The number of aromatic nitrogens is 4. The van der Waals surface area contributed by atoms with Gasteiger partial charge >= 0.3 is 11.9 Å². The quantitative estimate of drug-likeness (QED) is 0.308. The first-order valence-corrected chi connectivity index (χ1v) is 11.0. The molecule has 0 bridgehead atoms. The van der Waals surface area contributed by atoms with Crippen molar-refractivity contribution in [3.05, 3.63) is 111 Å². The average molecular weight is 506 g/mol. The Kier molecular flexibility index (Phi) is 5.82. The third kappa shape index (κ3) is 4.34. The topological polar surface area (TPSA) is 76.0 Å². The van der Waals surface area contributed by atoms with Gasteiger partial charge in [0, 0.05) is 16.1 Å². The maximum Gasteiger partial charge on any atom is 0.416 e. The van der Waals surface area contributed by atoms with E-state index < -0.39 is 17.4 Å². The van der Waals surface area contributed by atoms with E-state index in [0.717, 1.165) is 26.9 Å². The molecule has 0 radical (unpaired) electrons. The summed E-state index contributed by atoms with van der Waals surface area (Å²) in [7, 11) is 0. The van der Waals surface area contributed by atoms with Gasteiger partial charge in [-0.15, -0.1) is 5.10 Å². The molecule has 3 aromatic carbocycles. The van der Waals surface area contributed by atoms with Gasteiger partial charge in [-0.2, -0.15) is 28.0 Å². The van der Waals surface area contributed by atoms with Crippen LogP contribution in [0.3, 0.4) is 0 Å². The molecule has 5 aromatic rings. The Morgan fingerprint density at radius 1 is 0.917 bits per heavy atom. The summed E-state index contributed by atoms with van der Waals surface area (Å²) in [5, 5.41) is 18.5. The SMILES string of the molecule is N#Cc1ccc(-c2c(-c3ccc(Cl)cc3)cnn3c(=O)n(Cc4ccc(C(F)(F)F)cc4)nc23)cc1. The third-order valence-corrected chi connectivity index (χ3v) is 5.94. The lowest BCUT2D eigenvalue weighted by Gasteiger charge is -2.11. The van der Waals surface area contributed by atoms with Crippen LogP contribution >= 0.6 is 11.6 Å². The van der Waals surface area contributed by atoms with Crippen molar-refractivity contribution in [3.8, 4) is 28.3 Å². The lowest BCUT2D eigenvalue weighted by atomic mass is 9.96. The van der Waals surface area contributed by atoms with E-state index in [2.05, 4.69) is 16.3 Å². The number of benzene rings is 3. The lowest BCUT2D eigenvalue weighted by molar-refractivity contribution is -0.137. The second-order valence-corrected chi connectivity index (χ2v) is 8.44. The molecule has 178 valence electrons. The fraction of sp³-hybridized carbons (Fsp3) is 0.0769. The maximum absolute atomic E-state index is 13.1. The third-order valence-electron chi connectivity index (χ3n) is 5.68. The summed E-state index contributed by atoms with van der Waals surface area (Å²) in [6, 6.07) is 20.6. The van der Waals surface area contributed by atoms with Crippen molar-refractivity contribution in [2.75, 3.05) is 0 Å². The zero-order chi connectivity index (χ0) is 25.4. The van der Waals surface area contributed by atoms with Gasteiger partial charge in [-0.05, 0) is 53.1 Å². The first-order valence-electron chi connectivity index (χ1n) is 10.7. The first-order chi connectivity index (χ1) is 17.2. The van der Waals surface area contributed by atoms with Crippen molar-refractivity contribution in [2.45, 2.75) is 12.7 Å². The highest BCUT2D eigenvalue weighted by Gasteiger charge is 2.30. The Hall–Kier alpha value is -4.42. The second kappa shape index (κ2) is 8.98. The monoisotopic (exact) mass is 505 g/mol. The van der Waals surface area contributed by atoms with Crippen LogP contribution in [0.5, 0.6) is 0 Å². The predicted octanol–water partition coefficient (Wildman–Crippen LogP) is 5.82. The summed E-state index contributed by atoms with van der Waals surface area (Å²) in [4.78, 5) is 13.1. The molecule has 0 saturated heterocycles. The molecule has 0 amide bonds. The molecule has 0 atom stereocenters. The van der Waals surface area contributed by atoms with Gasteiger partial charge in [0.25, 0.3) is 0 Å². The van der Waals surface area contributed by atoms with Crippen LogP contribution in [-0.4, -0.2) is 19.4 Å². The fourth-order valence-corrected chi connectivity index (χ4v) is 4.01. The number of nitriles is 1. The van der Waals surface area contributed by atoms with Gasteiger partial charge in [0.2, 0.25) is 0 Å². The number of hydrogen-bond acceptors (Lipinski definition) is 4. The predicted molar refractivity (Wildman–Crippen MR) is 128 cm³/mol. The Morgan fingerprint density at radius 3 is 2.17 bits per heavy atom. The average Bonchev–Trinajstić information content (AvgIpc) is 3.19. The molecule has 10 heteroatoms. The van der Waals surface area contributed by atoms with Gasteiger partial charge < -0.3 is 0 Å². The molecule has 2 aromatic heterocycles. The number of hydrogen-bond donors (Lipinski definition) is 0. The molecular weight excluding hydrogens is 491 g/mol. The largest absolute Gasteiger partial charge is 0.416 e. The minimum atomic E-state index is -4.45. The van der Waals surface area contributed by atoms with Gasteiger partial charge in [0.15, 0.2) is 5.65 Å². The molecule has 0 spiro atoms. The number of rotatable bonds is 4. The number of alkyl halides is 3. The molecule has 0 aliphatic rings. The van der Waals surface area contributed by atoms with Gasteiger partial charge in [-0.1, -0.05) is 48.0 Å². The van der Waals surface area contributed by atoms with Crippen molar-refractivity contribution in [1.29, 1.82) is 5.26 Å². The summed E-state index contributed by atoms with van der Waals surface area (Å²) in [6.07, 6.45) is -2.90. The molecule has 2 heterocycles. The number of fused-ring (bicyclic) bond motifs is 1. The van der Waals surface area contributed by atoms with Gasteiger partial charge in [0.05, 0.1) is 29.9 Å². The summed E-state index contributed by atoms with van der Waals surface area (Å²) < 4.78 is 41.0. The van der Waals surface area contributed by atoms with Crippen LogP contribution in [0.25, 0.3) is 27.9 Å². The van der Waals surface area contributed by atoms with E-state index in [1.54, 1.807) is 42.6 Å². The number of nitrogens with zero attached hydrogens (tertiary/aromatic N) is 5. The summed E-state index contributed by atoms with van der Waals surface area (Å²) >= 11 is 6.05. The van der Waals surface area contributed by atoms with E-state index in [-0.39, 0.29) is 12.2 Å². The fourth-order valence-electron chi connectivity index (χ4n) is 3.88. The summed E-state index contributed by atoms with van der Waals surface area (Å²) in [6.45, 7) is -0.0383. The van der Waals surface area contributed by atoms with E-state index in [1.807, 2.05) is 12.1 Å². The van der Waals surface area contributed by atoms with E-state index in [1.165, 1.54) is 12.1 Å². The smallest absolute Gasteiger partial charge is 0.244 e. The minimum absolute atomic E-state index is 0.0383. The van der Waals surface area contributed by atoms with E-state index >= 15 is 0 Å². The van der Waals surface area contributed by atoms with Gasteiger partial charge in [0.1, 0.15) is 0 Å². The molecule has 0 saturated carbocycles. The molecule has 0 unspecified atom stereocenters. The Balaban J connectivity index is 1.66. The van der Waals surface area contributed by atoms with Crippen LogP contribution in [0.4, 0.5) is 13.2 Å². The van der Waals surface area contributed by atoms with Gasteiger partial charge in [-0.3, -0.25) is 0 Å². The molecule has 36 heavy (non-hydrogen) atoms. The zero-order valence-corrected chi connectivity index (χ0v) is 19.1. The molecule has 6 nitrogen and oxygen atoms in total. The van der Waals surface area contributed by atoms with Crippen LogP contribution in [-0.2, 0) is 12.7 Å². The minimum Gasteiger partial charge on any atom is -0.244 e. The molecular formula is C26H15ClF3N5O. The van der Waals surface area contributed by atoms with E-state index in [4.69, 9.17) is 11.6 Å². The van der Waals surface area contributed by atoms with Crippen molar-refractivity contribution >= 4 is 17.2 Å². The second-order valence-electron chi connectivity index (χ2n) is 8.00. The van der Waals surface area contributed by atoms with Crippen molar-refractivity contribution in [1.82, 2.24) is 19.4 Å². The Labute approximate surface area is 207 Å². The first kappa shape index (κ1) is 23.3. The highest BCUT2D eigenvalue weighted by Crippen LogP contribution is 2.34. The van der Waals surface area contributed by atoms with Crippen LogP contribution in [0.15, 0.2) is 83.8 Å². The van der Waals surface area contributed by atoms with Crippen molar-refractivity contribution in [3.63, 3.8) is 0 Å². The molecule has 5 rings (SSSR count). The van der Waals surface area contributed by atoms with Crippen LogP contribution in [0, 0.1) is 11.3 Å². The zero-order valence-electron chi connectivity index (χ0n) is 18.4. The van der Waals surface area contributed by atoms with Crippen LogP contribution in [0.1, 0.15) is 16.7 Å². The van der Waals surface area contributed by atoms with Crippen molar-refractivity contribution < 1.29 is 13.2 Å². The van der Waals surface area contributed by atoms with Crippen LogP contribution in [0.2, 0.25) is 5.02 Å². The van der Waals surface area contributed by atoms with Gasteiger partial charge in [-0.25, -0.2) is 9.48 Å². The molecule has 0 aliphatic carbocycles. The normalized spacial score (nSPS) is 11.5. The molecule has 0 fully saturated rings. The standard InChI is InChI=1S/C26H15ClF3N5O/c27-21-11-7-18(8-12-21)22-14-32-35-24(23(22)19-5-1-16(13-31)2-6-19)33-34(25(35)36)15-17-3-9-20(10-4-17)26(28,29)30/h1-12,14H,15H2. The van der Waals surface area contributed by atoms with Crippen LogP contribution < -0.4 is 5.69 Å². The van der Waals surface area contributed by atoms with E-state index in [0.29, 0.717) is 32.8 Å². The highest BCUT2D eigenvalue weighted by molar-refractivity contribution is 6.30. The lowest BCUT2D eigenvalue weighted by Crippen LogP contribution is -2.23. The number of halogens is 4.